The van der Waals surface area contributed by atoms with Crippen LogP contribution in [-0.2, 0) is 16.0 Å². The standard InChI is InChI=1S/C13H16FNO2/c1-9-2-3-11(14)6-10(9)7-12(16)13-8-15-4-5-17-13/h2-3,6,13,15H,4-5,7-8H2,1H3. The van der Waals surface area contributed by atoms with Gasteiger partial charge < -0.3 is 10.1 Å². The third-order valence-electron chi connectivity index (χ3n) is 2.96. The molecule has 1 atom stereocenters. The van der Waals surface area contributed by atoms with E-state index >= 15 is 0 Å². The number of hydrogen-bond donors (Lipinski definition) is 1. The Morgan fingerprint density at radius 3 is 3.12 bits per heavy atom. The first-order chi connectivity index (χ1) is 8.16. The Morgan fingerprint density at radius 1 is 1.59 bits per heavy atom. The molecule has 0 saturated carbocycles. The summed E-state index contributed by atoms with van der Waals surface area (Å²) in [6, 6.07) is 4.52. The van der Waals surface area contributed by atoms with Crippen LogP contribution in [0.3, 0.4) is 0 Å². The van der Waals surface area contributed by atoms with Gasteiger partial charge >= 0.3 is 0 Å². The predicted octanol–water partition coefficient (Wildman–Crippen LogP) is 1.23. The van der Waals surface area contributed by atoms with Crippen molar-refractivity contribution in [2.75, 3.05) is 19.7 Å². The van der Waals surface area contributed by atoms with Crippen LogP contribution in [0.15, 0.2) is 18.2 Å². The molecule has 17 heavy (non-hydrogen) atoms. The minimum absolute atomic E-state index is 0.00546. The van der Waals surface area contributed by atoms with E-state index in [1.54, 1.807) is 6.07 Å². The highest BCUT2D eigenvalue weighted by Crippen LogP contribution is 2.13. The third-order valence-corrected chi connectivity index (χ3v) is 2.96. The van der Waals surface area contributed by atoms with Gasteiger partial charge in [-0.2, -0.15) is 0 Å². The zero-order valence-electron chi connectivity index (χ0n) is 9.83. The molecule has 1 aromatic carbocycles. The third kappa shape index (κ3) is 3.11. The Labute approximate surface area is 100.0 Å². The maximum absolute atomic E-state index is 13.1. The summed E-state index contributed by atoms with van der Waals surface area (Å²) in [4.78, 5) is 11.9. The lowest BCUT2D eigenvalue weighted by molar-refractivity contribution is -0.131. The molecular weight excluding hydrogens is 221 g/mol. The van der Waals surface area contributed by atoms with Crippen LogP contribution in [0.2, 0.25) is 0 Å². The second-order valence-corrected chi connectivity index (χ2v) is 4.28. The molecule has 1 N–H and O–H groups in total. The van der Waals surface area contributed by atoms with Gasteiger partial charge in [0.25, 0.3) is 0 Å². The fourth-order valence-electron chi connectivity index (χ4n) is 1.90. The molecule has 1 aromatic rings. The van der Waals surface area contributed by atoms with Crippen LogP contribution in [-0.4, -0.2) is 31.6 Å². The van der Waals surface area contributed by atoms with E-state index in [-0.39, 0.29) is 18.0 Å². The molecule has 0 bridgehead atoms. The Morgan fingerprint density at radius 2 is 2.41 bits per heavy atom. The number of hydrogen-bond acceptors (Lipinski definition) is 3. The zero-order chi connectivity index (χ0) is 12.3. The highest BCUT2D eigenvalue weighted by atomic mass is 19.1. The van der Waals surface area contributed by atoms with E-state index < -0.39 is 6.10 Å². The van der Waals surface area contributed by atoms with Gasteiger partial charge in [0, 0.05) is 19.5 Å². The van der Waals surface area contributed by atoms with Gasteiger partial charge in [0.2, 0.25) is 0 Å². The molecule has 0 radical (unpaired) electrons. The fraction of sp³-hybridized carbons (Fsp3) is 0.462. The van der Waals surface area contributed by atoms with Crippen molar-refractivity contribution in [2.24, 2.45) is 0 Å². The van der Waals surface area contributed by atoms with Gasteiger partial charge in [-0.05, 0) is 30.2 Å². The topological polar surface area (TPSA) is 38.3 Å². The number of benzene rings is 1. The smallest absolute Gasteiger partial charge is 0.167 e. The maximum Gasteiger partial charge on any atom is 0.167 e. The van der Waals surface area contributed by atoms with Crippen molar-refractivity contribution in [1.29, 1.82) is 0 Å². The van der Waals surface area contributed by atoms with Gasteiger partial charge in [-0.25, -0.2) is 4.39 Å². The van der Waals surface area contributed by atoms with Crippen LogP contribution in [0.25, 0.3) is 0 Å². The predicted molar refractivity (Wildman–Crippen MR) is 62.5 cm³/mol. The van der Waals surface area contributed by atoms with E-state index in [1.807, 2.05) is 6.92 Å². The molecular formula is C13H16FNO2. The summed E-state index contributed by atoms with van der Waals surface area (Å²) in [7, 11) is 0. The number of rotatable bonds is 3. The van der Waals surface area contributed by atoms with E-state index in [4.69, 9.17) is 4.74 Å². The Balaban J connectivity index is 2.04. The molecule has 0 amide bonds. The molecule has 0 aliphatic carbocycles. The van der Waals surface area contributed by atoms with E-state index in [0.717, 1.165) is 17.7 Å². The first-order valence-electron chi connectivity index (χ1n) is 5.77. The van der Waals surface area contributed by atoms with Crippen molar-refractivity contribution >= 4 is 5.78 Å². The first kappa shape index (κ1) is 12.2. The number of halogens is 1. The molecule has 1 saturated heterocycles. The number of ether oxygens (including phenoxy) is 1. The van der Waals surface area contributed by atoms with Gasteiger partial charge in [0.15, 0.2) is 5.78 Å². The normalized spacial score (nSPS) is 20.2. The number of carbonyl (C=O) groups excluding carboxylic acids is 1. The number of aryl methyl sites for hydroxylation is 1. The molecule has 0 spiro atoms. The maximum atomic E-state index is 13.1. The summed E-state index contributed by atoms with van der Waals surface area (Å²) in [5, 5.41) is 3.11. The Kier molecular flexibility index (Phi) is 3.86. The first-order valence-corrected chi connectivity index (χ1v) is 5.77. The quantitative estimate of drug-likeness (QED) is 0.859. The summed E-state index contributed by atoms with van der Waals surface area (Å²) in [6.45, 7) is 3.76. The molecule has 1 unspecified atom stereocenters. The van der Waals surface area contributed by atoms with Crippen LogP contribution in [0.4, 0.5) is 4.39 Å². The lowest BCUT2D eigenvalue weighted by atomic mass is 10.0. The average molecular weight is 237 g/mol. The van der Waals surface area contributed by atoms with Crippen molar-refractivity contribution in [3.8, 4) is 0 Å². The van der Waals surface area contributed by atoms with E-state index in [1.165, 1.54) is 12.1 Å². The molecule has 2 rings (SSSR count). The Bertz CT molecular complexity index is 414. The summed E-state index contributed by atoms with van der Waals surface area (Å²) in [5.41, 5.74) is 1.67. The molecule has 92 valence electrons. The molecule has 1 aliphatic rings. The summed E-state index contributed by atoms with van der Waals surface area (Å²) >= 11 is 0. The average Bonchev–Trinajstić information content (AvgIpc) is 2.35. The largest absolute Gasteiger partial charge is 0.368 e. The van der Waals surface area contributed by atoms with Gasteiger partial charge in [-0.1, -0.05) is 6.07 Å². The summed E-state index contributed by atoms with van der Waals surface area (Å²) in [5.74, 6) is -0.299. The highest BCUT2D eigenvalue weighted by Gasteiger charge is 2.22. The number of ketones is 1. The van der Waals surface area contributed by atoms with Crippen LogP contribution < -0.4 is 5.32 Å². The molecule has 0 aromatic heterocycles. The summed E-state index contributed by atoms with van der Waals surface area (Å²) in [6.07, 6.45) is -0.165. The number of Topliss-reactive ketones (excluding diaryl/α,β-unsaturated/α-hetero) is 1. The lowest BCUT2D eigenvalue weighted by Gasteiger charge is -2.22. The van der Waals surface area contributed by atoms with Gasteiger partial charge in [-0.3, -0.25) is 4.79 Å². The molecule has 1 fully saturated rings. The van der Waals surface area contributed by atoms with Crippen molar-refractivity contribution < 1.29 is 13.9 Å². The van der Waals surface area contributed by atoms with Crippen molar-refractivity contribution in [1.82, 2.24) is 5.32 Å². The minimum Gasteiger partial charge on any atom is -0.368 e. The molecule has 1 heterocycles. The molecule has 3 nitrogen and oxygen atoms in total. The van der Waals surface area contributed by atoms with Gasteiger partial charge in [-0.15, -0.1) is 0 Å². The van der Waals surface area contributed by atoms with Crippen LogP contribution in [0, 0.1) is 12.7 Å². The van der Waals surface area contributed by atoms with E-state index in [2.05, 4.69) is 5.32 Å². The zero-order valence-corrected chi connectivity index (χ0v) is 9.83. The van der Waals surface area contributed by atoms with Gasteiger partial charge in [0.05, 0.1) is 6.61 Å². The fourth-order valence-corrected chi connectivity index (χ4v) is 1.90. The van der Waals surface area contributed by atoms with Crippen LogP contribution >= 0.6 is 0 Å². The summed E-state index contributed by atoms with van der Waals surface area (Å²) < 4.78 is 18.5. The minimum atomic E-state index is -0.397. The molecule has 1 aliphatic heterocycles. The number of carbonyl (C=O) groups is 1. The second kappa shape index (κ2) is 5.38. The van der Waals surface area contributed by atoms with Crippen molar-refractivity contribution in [3.05, 3.63) is 35.1 Å². The van der Waals surface area contributed by atoms with Crippen molar-refractivity contribution in [2.45, 2.75) is 19.4 Å². The highest BCUT2D eigenvalue weighted by molar-refractivity contribution is 5.85. The molecule has 4 heteroatoms. The van der Waals surface area contributed by atoms with Gasteiger partial charge in [0.1, 0.15) is 11.9 Å². The van der Waals surface area contributed by atoms with Crippen LogP contribution in [0.5, 0.6) is 0 Å². The van der Waals surface area contributed by atoms with Crippen molar-refractivity contribution in [3.63, 3.8) is 0 Å². The second-order valence-electron chi connectivity index (χ2n) is 4.28. The number of nitrogens with one attached hydrogen (secondary N) is 1. The van der Waals surface area contributed by atoms with Crippen LogP contribution in [0.1, 0.15) is 11.1 Å². The SMILES string of the molecule is Cc1ccc(F)cc1CC(=O)C1CNCCO1. The lowest BCUT2D eigenvalue weighted by Crippen LogP contribution is -2.43. The van der Waals surface area contributed by atoms with E-state index in [9.17, 15) is 9.18 Å². The van der Waals surface area contributed by atoms with E-state index in [0.29, 0.717) is 13.2 Å². The Hall–Kier alpha value is -1.26. The monoisotopic (exact) mass is 237 g/mol. The number of morpholine rings is 1.